The van der Waals surface area contributed by atoms with Gasteiger partial charge < -0.3 is 0 Å². The number of thioether (sulfide) groups is 1. The molecule has 3 nitrogen and oxygen atoms in total. The molecular formula is C12H18N2OS. The van der Waals surface area contributed by atoms with Crippen molar-refractivity contribution < 1.29 is 4.79 Å². The number of nitrogens with one attached hydrogen (secondary N) is 1. The van der Waals surface area contributed by atoms with Crippen LogP contribution < -0.4 is 11.3 Å². The SMILES string of the molecule is CC(C)c1ccc(SCCC(=O)NN)cc1. The summed E-state index contributed by atoms with van der Waals surface area (Å²) in [6, 6.07) is 8.46. The van der Waals surface area contributed by atoms with E-state index in [1.54, 1.807) is 11.8 Å². The molecule has 1 amide bonds. The van der Waals surface area contributed by atoms with Crippen LogP contribution in [0.25, 0.3) is 0 Å². The van der Waals surface area contributed by atoms with Gasteiger partial charge in [0.25, 0.3) is 0 Å². The molecule has 0 heterocycles. The van der Waals surface area contributed by atoms with Crippen molar-refractivity contribution in [2.75, 3.05) is 5.75 Å². The zero-order valence-corrected chi connectivity index (χ0v) is 10.5. The quantitative estimate of drug-likeness (QED) is 0.358. The topological polar surface area (TPSA) is 55.1 Å². The molecule has 88 valence electrons. The van der Waals surface area contributed by atoms with Gasteiger partial charge >= 0.3 is 0 Å². The first kappa shape index (κ1) is 13.1. The third-order valence-electron chi connectivity index (χ3n) is 2.31. The minimum atomic E-state index is -0.119. The fraction of sp³-hybridized carbons (Fsp3) is 0.417. The van der Waals surface area contributed by atoms with E-state index >= 15 is 0 Å². The van der Waals surface area contributed by atoms with Crippen LogP contribution in [0.3, 0.4) is 0 Å². The van der Waals surface area contributed by atoms with Gasteiger partial charge in [0.05, 0.1) is 0 Å². The molecule has 0 aliphatic rings. The first-order valence-electron chi connectivity index (χ1n) is 5.35. The van der Waals surface area contributed by atoms with Gasteiger partial charge in [-0.05, 0) is 23.6 Å². The van der Waals surface area contributed by atoms with Crippen LogP contribution in [0.1, 0.15) is 31.7 Å². The summed E-state index contributed by atoms with van der Waals surface area (Å²) in [5, 5.41) is 0. The molecule has 1 rings (SSSR count). The first-order valence-corrected chi connectivity index (χ1v) is 6.34. The Morgan fingerprint density at radius 3 is 2.50 bits per heavy atom. The molecular weight excluding hydrogens is 220 g/mol. The fourth-order valence-electron chi connectivity index (χ4n) is 1.28. The number of hydrazine groups is 1. The smallest absolute Gasteiger partial charge is 0.234 e. The minimum Gasteiger partial charge on any atom is -0.294 e. The van der Waals surface area contributed by atoms with Crippen LogP contribution in [0.2, 0.25) is 0 Å². The van der Waals surface area contributed by atoms with Crippen molar-refractivity contribution >= 4 is 17.7 Å². The number of nitrogens with two attached hydrogens (primary N) is 1. The lowest BCUT2D eigenvalue weighted by atomic mass is 10.0. The minimum absolute atomic E-state index is 0.119. The van der Waals surface area contributed by atoms with Crippen LogP contribution >= 0.6 is 11.8 Å². The van der Waals surface area contributed by atoms with Gasteiger partial charge in [-0.1, -0.05) is 26.0 Å². The second-order valence-corrected chi connectivity index (χ2v) is 5.06. The molecule has 0 bridgehead atoms. The number of amides is 1. The highest BCUT2D eigenvalue weighted by atomic mass is 32.2. The van der Waals surface area contributed by atoms with Gasteiger partial charge in [0.2, 0.25) is 5.91 Å². The number of hydrogen-bond acceptors (Lipinski definition) is 3. The Hall–Kier alpha value is -1.00. The Morgan fingerprint density at radius 1 is 1.38 bits per heavy atom. The number of carbonyl (C=O) groups excluding carboxylic acids is 1. The molecule has 1 aromatic rings. The summed E-state index contributed by atoms with van der Waals surface area (Å²) < 4.78 is 0. The van der Waals surface area contributed by atoms with Gasteiger partial charge in [-0.15, -0.1) is 11.8 Å². The number of hydrogen-bond donors (Lipinski definition) is 2. The van der Waals surface area contributed by atoms with E-state index < -0.39 is 0 Å². The molecule has 0 aliphatic heterocycles. The van der Waals surface area contributed by atoms with Crippen molar-refractivity contribution in [1.82, 2.24) is 5.43 Å². The molecule has 0 aliphatic carbocycles. The lowest BCUT2D eigenvalue weighted by molar-refractivity contribution is -0.120. The molecule has 0 radical (unpaired) electrons. The summed E-state index contributed by atoms with van der Waals surface area (Å²) in [5.74, 6) is 6.19. The highest BCUT2D eigenvalue weighted by Gasteiger charge is 2.01. The Bertz CT molecular complexity index is 335. The number of benzene rings is 1. The van der Waals surface area contributed by atoms with Crippen LogP contribution in [0, 0.1) is 0 Å². The second kappa shape index (κ2) is 6.55. The maximum absolute atomic E-state index is 10.9. The molecule has 0 saturated heterocycles. The van der Waals surface area contributed by atoms with Crippen molar-refractivity contribution in [3.63, 3.8) is 0 Å². The third kappa shape index (κ3) is 4.24. The van der Waals surface area contributed by atoms with E-state index in [2.05, 4.69) is 43.5 Å². The van der Waals surface area contributed by atoms with Gasteiger partial charge in [-0.2, -0.15) is 0 Å². The first-order chi connectivity index (χ1) is 7.63. The van der Waals surface area contributed by atoms with E-state index in [4.69, 9.17) is 5.84 Å². The molecule has 0 saturated carbocycles. The Balaban J connectivity index is 2.40. The molecule has 0 spiro atoms. The van der Waals surface area contributed by atoms with Crippen LogP contribution in [-0.2, 0) is 4.79 Å². The van der Waals surface area contributed by atoms with E-state index in [1.807, 2.05) is 0 Å². The van der Waals surface area contributed by atoms with Gasteiger partial charge in [-0.25, -0.2) is 5.84 Å². The largest absolute Gasteiger partial charge is 0.294 e. The normalized spacial score (nSPS) is 10.5. The van der Waals surface area contributed by atoms with E-state index in [9.17, 15) is 4.79 Å². The van der Waals surface area contributed by atoms with Crippen LogP contribution in [0.5, 0.6) is 0 Å². The summed E-state index contributed by atoms with van der Waals surface area (Å²) in [4.78, 5) is 12.1. The summed E-state index contributed by atoms with van der Waals surface area (Å²) >= 11 is 1.67. The van der Waals surface area contributed by atoms with Gasteiger partial charge in [0.15, 0.2) is 0 Å². The molecule has 0 unspecified atom stereocenters. The van der Waals surface area contributed by atoms with Crippen molar-refractivity contribution in [3.8, 4) is 0 Å². The average Bonchev–Trinajstić information content (AvgIpc) is 2.29. The Labute approximate surface area is 101 Å². The average molecular weight is 238 g/mol. The number of rotatable bonds is 5. The molecule has 4 heteroatoms. The van der Waals surface area contributed by atoms with Gasteiger partial charge in [-0.3, -0.25) is 10.2 Å². The highest BCUT2D eigenvalue weighted by molar-refractivity contribution is 7.99. The van der Waals surface area contributed by atoms with Crippen LogP contribution in [0.15, 0.2) is 29.2 Å². The molecule has 0 aromatic heterocycles. The lowest BCUT2D eigenvalue weighted by Gasteiger charge is -2.06. The van der Waals surface area contributed by atoms with Crippen molar-refractivity contribution in [3.05, 3.63) is 29.8 Å². The predicted molar refractivity (Wildman–Crippen MR) is 68.2 cm³/mol. The maximum Gasteiger partial charge on any atom is 0.234 e. The number of carbonyl (C=O) groups is 1. The van der Waals surface area contributed by atoms with Crippen molar-refractivity contribution in [2.45, 2.75) is 31.1 Å². The van der Waals surface area contributed by atoms with E-state index in [-0.39, 0.29) is 5.91 Å². The van der Waals surface area contributed by atoms with Gasteiger partial charge in [0, 0.05) is 17.1 Å². The summed E-state index contributed by atoms with van der Waals surface area (Å²) in [5.41, 5.74) is 3.46. The van der Waals surface area contributed by atoms with E-state index in [0.717, 1.165) is 5.75 Å². The van der Waals surface area contributed by atoms with Crippen molar-refractivity contribution in [1.29, 1.82) is 0 Å². The second-order valence-electron chi connectivity index (χ2n) is 3.89. The Morgan fingerprint density at radius 2 is 2.00 bits per heavy atom. The summed E-state index contributed by atoms with van der Waals surface area (Å²) in [7, 11) is 0. The van der Waals surface area contributed by atoms with Crippen molar-refractivity contribution in [2.24, 2.45) is 5.84 Å². The predicted octanol–water partition coefficient (Wildman–Crippen LogP) is 2.28. The third-order valence-corrected chi connectivity index (χ3v) is 3.32. The molecule has 16 heavy (non-hydrogen) atoms. The summed E-state index contributed by atoms with van der Waals surface area (Å²) in [6.07, 6.45) is 0.451. The van der Waals surface area contributed by atoms with Gasteiger partial charge in [0.1, 0.15) is 0 Å². The molecule has 0 atom stereocenters. The lowest BCUT2D eigenvalue weighted by Crippen LogP contribution is -2.30. The zero-order chi connectivity index (χ0) is 12.0. The van der Waals surface area contributed by atoms with E-state index in [0.29, 0.717) is 12.3 Å². The van der Waals surface area contributed by atoms with E-state index in [1.165, 1.54) is 10.5 Å². The van der Waals surface area contributed by atoms with Crippen LogP contribution in [0.4, 0.5) is 0 Å². The standard InChI is InChI=1S/C12H18N2OS/c1-9(2)10-3-5-11(6-4-10)16-8-7-12(15)14-13/h3-6,9H,7-8,13H2,1-2H3,(H,14,15). The molecule has 1 aromatic carbocycles. The van der Waals surface area contributed by atoms with Crippen LogP contribution in [-0.4, -0.2) is 11.7 Å². The molecule has 3 N–H and O–H groups in total. The molecule has 0 fully saturated rings. The Kier molecular flexibility index (Phi) is 5.35. The highest BCUT2D eigenvalue weighted by Crippen LogP contribution is 2.22. The maximum atomic E-state index is 10.9. The summed E-state index contributed by atoms with van der Waals surface area (Å²) in [6.45, 7) is 4.35. The monoisotopic (exact) mass is 238 g/mol. The fourth-order valence-corrected chi connectivity index (χ4v) is 2.13. The zero-order valence-electron chi connectivity index (χ0n) is 9.69.